The molecule has 0 amide bonds. The number of carbonyl (C=O) groups excluding carboxylic acids is 1. The summed E-state index contributed by atoms with van der Waals surface area (Å²) in [5.74, 6) is 0.112. The van der Waals surface area contributed by atoms with Crippen LogP contribution in [0, 0.1) is 5.41 Å². The highest BCUT2D eigenvalue weighted by Gasteiger charge is 2.27. The lowest BCUT2D eigenvalue weighted by atomic mass is 9.82. The Labute approximate surface area is 104 Å². The van der Waals surface area contributed by atoms with E-state index in [9.17, 15) is 4.79 Å². The maximum Gasteiger partial charge on any atom is 0.169 e. The molecule has 17 heavy (non-hydrogen) atoms. The predicted octanol–water partition coefficient (Wildman–Crippen LogP) is 3.15. The fraction of sp³-hybridized carbons (Fsp3) is 0.533. The van der Waals surface area contributed by atoms with Crippen molar-refractivity contribution in [2.75, 3.05) is 6.54 Å². The first-order valence-corrected chi connectivity index (χ1v) is 6.04. The minimum Gasteiger partial charge on any atom is -0.329 e. The van der Waals surface area contributed by atoms with E-state index in [1.165, 1.54) is 5.56 Å². The van der Waals surface area contributed by atoms with E-state index >= 15 is 0 Å². The molecule has 1 aromatic rings. The first-order valence-electron chi connectivity index (χ1n) is 6.04. The van der Waals surface area contributed by atoms with Crippen LogP contribution in [0.5, 0.6) is 0 Å². The predicted molar refractivity (Wildman–Crippen MR) is 72.3 cm³/mol. The molecule has 0 unspecified atom stereocenters. The Hall–Kier alpha value is -1.15. The molecule has 0 fully saturated rings. The monoisotopic (exact) mass is 233 g/mol. The largest absolute Gasteiger partial charge is 0.329 e. The minimum absolute atomic E-state index is 0.112. The van der Waals surface area contributed by atoms with Crippen LogP contribution in [0.2, 0.25) is 0 Å². The van der Waals surface area contributed by atoms with Gasteiger partial charge in [0.25, 0.3) is 0 Å². The smallest absolute Gasteiger partial charge is 0.169 e. The second-order valence-corrected chi connectivity index (χ2v) is 6.24. The van der Waals surface area contributed by atoms with Crippen molar-refractivity contribution in [3.8, 4) is 0 Å². The van der Waals surface area contributed by atoms with Crippen LogP contribution >= 0.6 is 0 Å². The van der Waals surface area contributed by atoms with E-state index in [1.54, 1.807) is 0 Å². The van der Waals surface area contributed by atoms with E-state index in [0.29, 0.717) is 6.54 Å². The molecule has 0 aliphatic rings. The van der Waals surface area contributed by atoms with Gasteiger partial charge in [-0.3, -0.25) is 4.79 Å². The Kier molecular flexibility index (Phi) is 3.78. The van der Waals surface area contributed by atoms with Crippen LogP contribution < -0.4 is 5.73 Å². The summed E-state index contributed by atoms with van der Waals surface area (Å²) >= 11 is 0. The lowest BCUT2D eigenvalue weighted by molar-refractivity contribution is 0.0847. The van der Waals surface area contributed by atoms with Crippen LogP contribution in [0.15, 0.2) is 24.3 Å². The average Bonchev–Trinajstić information content (AvgIpc) is 2.27. The number of Topliss-reactive ketones (excluding diaryl/α,β-unsaturated/α-hetero) is 1. The van der Waals surface area contributed by atoms with Crippen molar-refractivity contribution in [1.29, 1.82) is 0 Å². The summed E-state index contributed by atoms with van der Waals surface area (Å²) in [5.41, 5.74) is 7.24. The summed E-state index contributed by atoms with van der Waals surface area (Å²) in [5, 5.41) is 0. The molecule has 0 aromatic heterocycles. The van der Waals surface area contributed by atoms with E-state index in [1.807, 2.05) is 38.1 Å². The molecule has 2 N–H and O–H groups in total. The Morgan fingerprint density at radius 3 is 1.88 bits per heavy atom. The van der Waals surface area contributed by atoms with Crippen LogP contribution in [0.25, 0.3) is 0 Å². The molecule has 0 saturated heterocycles. The number of nitrogens with two attached hydrogens (primary N) is 1. The zero-order chi connectivity index (χ0) is 13.3. The summed E-state index contributed by atoms with van der Waals surface area (Å²) in [7, 11) is 0. The van der Waals surface area contributed by atoms with Crippen LogP contribution in [0.4, 0.5) is 0 Å². The van der Waals surface area contributed by atoms with Gasteiger partial charge in [-0.15, -0.1) is 0 Å². The van der Waals surface area contributed by atoms with Crippen LogP contribution in [0.1, 0.15) is 50.5 Å². The average molecular weight is 233 g/mol. The van der Waals surface area contributed by atoms with E-state index in [2.05, 4.69) is 20.8 Å². The number of rotatable bonds is 3. The van der Waals surface area contributed by atoms with E-state index < -0.39 is 5.41 Å². The van der Waals surface area contributed by atoms with Gasteiger partial charge in [0.1, 0.15) is 0 Å². The second-order valence-electron chi connectivity index (χ2n) is 6.24. The summed E-state index contributed by atoms with van der Waals surface area (Å²) < 4.78 is 0. The molecule has 1 rings (SSSR count). The van der Waals surface area contributed by atoms with Crippen molar-refractivity contribution in [2.45, 2.75) is 40.0 Å². The van der Waals surface area contributed by atoms with Crippen LogP contribution in [-0.4, -0.2) is 12.3 Å². The third-order valence-corrected chi connectivity index (χ3v) is 3.14. The summed E-state index contributed by atoms with van der Waals surface area (Å²) in [4.78, 5) is 12.2. The molecule has 0 bridgehead atoms. The molecular formula is C15H23NO. The van der Waals surface area contributed by atoms with Gasteiger partial charge < -0.3 is 5.73 Å². The first-order chi connectivity index (χ1) is 7.68. The molecule has 94 valence electrons. The van der Waals surface area contributed by atoms with Gasteiger partial charge in [-0.25, -0.2) is 0 Å². The SMILES string of the molecule is CC(C)(CN)C(=O)c1ccc(C(C)(C)C)cc1. The molecule has 0 saturated carbocycles. The van der Waals surface area contributed by atoms with E-state index in [4.69, 9.17) is 5.73 Å². The minimum atomic E-state index is -0.483. The Morgan fingerprint density at radius 1 is 1.06 bits per heavy atom. The van der Waals surface area contributed by atoms with Crippen molar-refractivity contribution in [1.82, 2.24) is 0 Å². The molecule has 2 heteroatoms. The number of benzene rings is 1. The van der Waals surface area contributed by atoms with E-state index in [-0.39, 0.29) is 11.2 Å². The Morgan fingerprint density at radius 2 is 1.53 bits per heavy atom. The molecule has 0 radical (unpaired) electrons. The van der Waals surface area contributed by atoms with Gasteiger partial charge in [-0.1, -0.05) is 58.9 Å². The molecule has 2 nitrogen and oxygen atoms in total. The molecule has 0 heterocycles. The molecule has 0 aliphatic carbocycles. The highest BCUT2D eigenvalue weighted by molar-refractivity contribution is 6.00. The topological polar surface area (TPSA) is 43.1 Å². The highest BCUT2D eigenvalue weighted by Crippen LogP contribution is 2.25. The molecule has 0 spiro atoms. The second kappa shape index (κ2) is 4.61. The number of carbonyl (C=O) groups is 1. The normalized spacial score (nSPS) is 12.6. The molecule has 1 aromatic carbocycles. The van der Waals surface area contributed by atoms with Gasteiger partial charge in [-0.2, -0.15) is 0 Å². The van der Waals surface area contributed by atoms with Crippen LogP contribution in [0.3, 0.4) is 0 Å². The van der Waals surface area contributed by atoms with Crippen molar-refractivity contribution in [3.63, 3.8) is 0 Å². The van der Waals surface area contributed by atoms with Crippen LogP contribution in [-0.2, 0) is 5.41 Å². The standard InChI is InChI=1S/C15H23NO/c1-14(2,3)12-8-6-11(7-9-12)13(17)15(4,5)10-16/h6-9H,10,16H2,1-5H3. The lowest BCUT2D eigenvalue weighted by Crippen LogP contribution is -2.32. The third kappa shape index (κ3) is 3.16. The molecule has 0 aliphatic heterocycles. The maximum absolute atomic E-state index is 12.2. The first kappa shape index (κ1) is 13.9. The zero-order valence-corrected chi connectivity index (χ0v) is 11.5. The summed E-state index contributed by atoms with van der Waals surface area (Å²) in [6.45, 7) is 10.6. The molecular weight excluding hydrogens is 210 g/mol. The Bertz CT molecular complexity index is 396. The lowest BCUT2D eigenvalue weighted by Gasteiger charge is -2.22. The van der Waals surface area contributed by atoms with Crippen molar-refractivity contribution in [2.24, 2.45) is 11.1 Å². The quantitative estimate of drug-likeness (QED) is 0.815. The van der Waals surface area contributed by atoms with Gasteiger partial charge in [0.2, 0.25) is 0 Å². The van der Waals surface area contributed by atoms with Gasteiger partial charge in [0.15, 0.2) is 5.78 Å². The number of hydrogen-bond donors (Lipinski definition) is 1. The highest BCUT2D eigenvalue weighted by atomic mass is 16.1. The Balaban J connectivity index is 3.00. The fourth-order valence-electron chi connectivity index (χ4n) is 1.61. The van der Waals surface area contributed by atoms with Gasteiger partial charge in [0, 0.05) is 17.5 Å². The van der Waals surface area contributed by atoms with E-state index in [0.717, 1.165) is 5.56 Å². The third-order valence-electron chi connectivity index (χ3n) is 3.14. The summed E-state index contributed by atoms with van der Waals surface area (Å²) in [6, 6.07) is 7.86. The maximum atomic E-state index is 12.2. The number of hydrogen-bond acceptors (Lipinski definition) is 2. The fourth-order valence-corrected chi connectivity index (χ4v) is 1.61. The molecule has 0 atom stereocenters. The number of ketones is 1. The van der Waals surface area contributed by atoms with Gasteiger partial charge in [-0.05, 0) is 11.0 Å². The van der Waals surface area contributed by atoms with Gasteiger partial charge >= 0.3 is 0 Å². The van der Waals surface area contributed by atoms with Crippen molar-refractivity contribution < 1.29 is 4.79 Å². The summed E-state index contributed by atoms with van der Waals surface area (Å²) in [6.07, 6.45) is 0. The van der Waals surface area contributed by atoms with Gasteiger partial charge in [0.05, 0.1) is 0 Å². The zero-order valence-electron chi connectivity index (χ0n) is 11.5. The van der Waals surface area contributed by atoms with Crippen molar-refractivity contribution >= 4 is 5.78 Å². The van der Waals surface area contributed by atoms with Crippen molar-refractivity contribution in [3.05, 3.63) is 35.4 Å².